The third kappa shape index (κ3) is 6.49. The molecule has 1 N–H and O–H groups in total. The van der Waals surface area contributed by atoms with Crippen LogP contribution in [0.25, 0.3) is 0 Å². The number of amides is 1. The summed E-state index contributed by atoms with van der Waals surface area (Å²) in [6.07, 6.45) is 1.24. The minimum absolute atomic E-state index is 0.00816. The van der Waals surface area contributed by atoms with Gasteiger partial charge in [-0.25, -0.2) is 9.97 Å². The van der Waals surface area contributed by atoms with Crippen LogP contribution in [0.15, 0.2) is 41.1 Å². The minimum atomic E-state index is -4.45. The van der Waals surface area contributed by atoms with Crippen LogP contribution in [0.3, 0.4) is 0 Å². The topological polar surface area (TPSA) is 133 Å². The van der Waals surface area contributed by atoms with Gasteiger partial charge in [0, 0.05) is 25.4 Å². The maximum absolute atomic E-state index is 12.6. The van der Waals surface area contributed by atoms with E-state index in [4.69, 9.17) is 9.15 Å². The van der Waals surface area contributed by atoms with Crippen LogP contribution in [0.1, 0.15) is 48.3 Å². The van der Waals surface area contributed by atoms with E-state index in [9.17, 15) is 22.8 Å². The van der Waals surface area contributed by atoms with Gasteiger partial charge >= 0.3 is 23.9 Å². The second-order valence-corrected chi connectivity index (χ2v) is 9.80. The number of aromatic nitrogens is 4. The first-order valence-electron chi connectivity index (χ1n) is 12.8. The molecule has 2 aliphatic rings. The normalized spacial score (nSPS) is 17.9. The maximum Gasteiger partial charge on any atom is 0.422 e. The number of pyridine rings is 2. The van der Waals surface area contributed by atoms with E-state index >= 15 is 0 Å². The first kappa shape index (κ1) is 27.3. The van der Waals surface area contributed by atoms with Crippen molar-refractivity contribution in [3.05, 3.63) is 54.0 Å². The number of carbonyl (C=O) groups is 2. The lowest BCUT2D eigenvalue weighted by Crippen LogP contribution is -2.36. The lowest BCUT2D eigenvalue weighted by Gasteiger charge is -2.33. The SMILES string of the molecule is CCOC(=O)C1CC12CCN(c1ccc(NC(=O)c3nnc(Cc4ccc(OCC(F)(F)F)nc4)o3)cn1)CC2. The average Bonchev–Trinajstić information content (AvgIpc) is 3.42. The average molecular weight is 561 g/mol. The molecule has 1 atom stereocenters. The van der Waals surface area contributed by atoms with Gasteiger partial charge in [-0.15, -0.1) is 10.2 Å². The van der Waals surface area contributed by atoms with Crippen LogP contribution in [0, 0.1) is 11.3 Å². The second kappa shape index (κ2) is 11.1. The van der Waals surface area contributed by atoms with Crippen molar-refractivity contribution < 1.29 is 36.7 Å². The summed E-state index contributed by atoms with van der Waals surface area (Å²) in [6.45, 7) is 2.37. The minimum Gasteiger partial charge on any atom is -0.468 e. The lowest BCUT2D eigenvalue weighted by atomic mass is 9.91. The van der Waals surface area contributed by atoms with Crippen molar-refractivity contribution >= 4 is 23.4 Å². The molecule has 40 heavy (non-hydrogen) atoms. The zero-order valence-electron chi connectivity index (χ0n) is 21.6. The molecule has 212 valence electrons. The quantitative estimate of drug-likeness (QED) is 0.385. The highest BCUT2D eigenvalue weighted by molar-refractivity contribution is 6.00. The van der Waals surface area contributed by atoms with Crippen LogP contribution in [-0.2, 0) is 16.0 Å². The van der Waals surface area contributed by atoms with Crippen LogP contribution < -0.4 is 15.0 Å². The summed E-state index contributed by atoms with van der Waals surface area (Å²) in [5.41, 5.74) is 1.09. The van der Waals surface area contributed by atoms with E-state index in [1.165, 1.54) is 18.3 Å². The smallest absolute Gasteiger partial charge is 0.422 e. The number of halogens is 3. The Kier molecular flexibility index (Phi) is 7.59. The van der Waals surface area contributed by atoms with Gasteiger partial charge in [0.15, 0.2) is 6.61 Å². The molecule has 1 spiro atoms. The Morgan fingerprint density at radius 2 is 1.93 bits per heavy atom. The molecule has 4 heterocycles. The lowest BCUT2D eigenvalue weighted by molar-refractivity contribution is -0.154. The van der Waals surface area contributed by atoms with E-state index in [0.717, 1.165) is 38.2 Å². The molecule has 1 saturated heterocycles. The zero-order valence-corrected chi connectivity index (χ0v) is 21.6. The fraction of sp³-hybridized carbons (Fsp3) is 0.462. The van der Waals surface area contributed by atoms with Gasteiger partial charge in [-0.3, -0.25) is 9.59 Å². The Labute approximate surface area is 227 Å². The number of hydrogen-bond donors (Lipinski definition) is 1. The van der Waals surface area contributed by atoms with Crippen molar-refractivity contribution in [3.63, 3.8) is 0 Å². The van der Waals surface area contributed by atoms with E-state index in [2.05, 4.69) is 35.1 Å². The van der Waals surface area contributed by atoms with Crippen molar-refractivity contribution in [2.75, 3.05) is 36.5 Å². The number of ether oxygens (including phenoxy) is 2. The molecule has 3 aromatic heterocycles. The van der Waals surface area contributed by atoms with Gasteiger partial charge in [0.05, 0.1) is 30.8 Å². The summed E-state index contributed by atoms with van der Waals surface area (Å²) in [4.78, 5) is 35.1. The summed E-state index contributed by atoms with van der Waals surface area (Å²) in [5, 5.41) is 10.3. The molecule has 5 rings (SSSR count). The van der Waals surface area contributed by atoms with E-state index in [1.807, 2.05) is 13.0 Å². The van der Waals surface area contributed by atoms with Gasteiger partial charge in [0.2, 0.25) is 11.8 Å². The summed E-state index contributed by atoms with van der Waals surface area (Å²) in [7, 11) is 0. The number of nitrogens with zero attached hydrogens (tertiary/aromatic N) is 5. The van der Waals surface area contributed by atoms with Gasteiger partial charge in [0.25, 0.3) is 0 Å². The molecule has 0 bridgehead atoms. The summed E-state index contributed by atoms with van der Waals surface area (Å²) in [6, 6.07) is 6.36. The zero-order chi connectivity index (χ0) is 28.3. The van der Waals surface area contributed by atoms with Crippen molar-refractivity contribution in [1.29, 1.82) is 0 Å². The van der Waals surface area contributed by atoms with Crippen LogP contribution >= 0.6 is 0 Å². The fourth-order valence-corrected chi connectivity index (χ4v) is 4.84. The van der Waals surface area contributed by atoms with Gasteiger partial charge in [0.1, 0.15) is 5.82 Å². The van der Waals surface area contributed by atoms with Gasteiger partial charge < -0.3 is 24.1 Å². The molecular weight excluding hydrogens is 533 g/mol. The van der Waals surface area contributed by atoms with Crippen molar-refractivity contribution in [2.24, 2.45) is 11.3 Å². The van der Waals surface area contributed by atoms with E-state index in [1.54, 1.807) is 12.3 Å². The first-order chi connectivity index (χ1) is 19.1. The highest BCUT2D eigenvalue weighted by Gasteiger charge is 2.59. The summed E-state index contributed by atoms with van der Waals surface area (Å²) in [5.74, 6) is -0.195. The Hall–Kier alpha value is -4.23. The highest BCUT2D eigenvalue weighted by Crippen LogP contribution is 2.60. The number of nitrogens with one attached hydrogen (secondary N) is 1. The van der Waals surface area contributed by atoms with E-state index in [-0.39, 0.29) is 41.4 Å². The molecule has 3 aromatic rings. The number of piperidine rings is 1. The number of esters is 1. The molecule has 1 aliphatic carbocycles. The Morgan fingerprint density at radius 3 is 2.58 bits per heavy atom. The van der Waals surface area contributed by atoms with Crippen LogP contribution in [-0.4, -0.2) is 64.5 Å². The van der Waals surface area contributed by atoms with Gasteiger partial charge in [-0.2, -0.15) is 13.2 Å². The number of carbonyl (C=O) groups excluding carboxylic acids is 2. The predicted molar refractivity (Wildman–Crippen MR) is 134 cm³/mol. The third-order valence-electron chi connectivity index (χ3n) is 7.05. The van der Waals surface area contributed by atoms with Crippen LogP contribution in [0.5, 0.6) is 5.88 Å². The van der Waals surface area contributed by atoms with Crippen LogP contribution in [0.4, 0.5) is 24.7 Å². The second-order valence-electron chi connectivity index (χ2n) is 9.80. The molecule has 1 amide bonds. The Bertz CT molecular complexity index is 1340. The van der Waals surface area contributed by atoms with Crippen molar-refractivity contribution in [1.82, 2.24) is 20.2 Å². The number of anilines is 2. The number of alkyl halides is 3. The van der Waals surface area contributed by atoms with Crippen LogP contribution in [0.2, 0.25) is 0 Å². The fourth-order valence-electron chi connectivity index (χ4n) is 4.84. The molecule has 0 aromatic carbocycles. The van der Waals surface area contributed by atoms with Crippen molar-refractivity contribution in [3.8, 4) is 5.88 Å². The Balaban J connectivity index is 1.10. The summed E-state index contributed by atoms with van der Waals surface area (Å²) < 4.78 is 51.9. The largest absolute Gasteiger partial charge is 0.468 e. The van der Waals surface area contributed by atoms with Crippen molar-refractivity contribution in [2.45, 2.75) is 38.8 Å². The standard InChI is InChI=1S/C26H27F3N6O5/c1-2-38-24(37)18-12-25(18)7-9-35(10-8-25)19-5-4-17(14-30-19)32-22(36)23-34-33-21(40-23)11-16-3-6-20(31-13-16)39-15-26(27,28)29/h3-6,13-14,18H,2,7-12,15H2,1H3,(H,32,36). The number of rotatable bonds is 9. The monoisotopic (exact) mass is 560 g/mol. The number of hydrogen-bond acceptors (Lipinski definition) is 10. The Morgan fingerprint density at radius 1 is 1.12 bits per heavy atom. The van der Waals surface area contributed by atoms with Gasteiger partial charge in [-0.1, -0.05) is 6.07 Å². The highest BCUT2D eigenvalue weighted by atomic mass is 19.4. The molecule has 11 nitrogen and oxygen atoms in total. The van der Waals surface area contributed by atoms with E-state index in [0.29, 0.717) is 17.9 Å². The summed E-state index contributed by atoms with van der Waals surface area (Å²) >= 11 is 0. The molecule has 2 fully saturated rings. The van der Waals surface area contributed by atoms with E-state index < -0.39 is 18.7 Å². The third-order valence-corrected chi connectivity index (χ3v) is 7.05. The van der Waals surface area contributed by atoms with Gasteiger partial charge in [-0.05, 0) is 49.3 Å². The molecule has 0 radical (unpaired) electrons. The molecule has 1 saturated carbocycles. The predicted octanol–water partition coefficient (Wildman–Crippen LogP) is 3.81. The molecule has 1 unspecified atom stereocenters. The molecular formula is C26H27F3N6O5. The maximum atomic E-state index is 12.6. The molecule has 1 aliphatic heterocycles. The first-order valence-corrected chi connectivity index (χ1v) is 12.8. The molecule has 14 heteroatoms.